The molecule has 0 spiro atoms. The average molecular weight is 454 g/mol. The van der Waals surface area contributed by atoms with Gasteiger partial charge in [-0.05, 0) is 43.2 Å². The molecule has 4 rings (SSSR count). The van der Waals surface area contributed by atoms with E-state index in [2.05, 4.69) is 0 Å². The van der Waals surface area contributed by atoms with Gasteiger partial charge in [-0.15, -0.1) is 0 Å². The van der Waals surface area contributed by atoms with E-state index in [1.165, 1.54) is 6.07 Å². The first-order chi connectivity index (χ1) is 15.3. The van der Waals surface area contributed by atoms with Crippen LogP contribution in [0.1, 0.15) is 50.8 Å². The van der Waals surface area contributed by atoms with Crippen LogP contribution in [0.5, 0.6) is 0 Å². The van der Waals surface area contributed by atoms with E-state index in [4.69, 9.17) is 20.8 Å². The van der Waals surface area contributed by atoms with Crippen molar-refractivity contribution in [1.29, 1.82) is 0 Å². The molecule has 0 radical (unpaired) electrons. The summed E-state index contributed by atoms with van der Waals surface area (Å²) in [5.41, 5.74) is 2.66. The van der Waals surface area contributed by atoms with Gasteiger partial charge in [-0.3, -0.25) is 19.3 Å². The highest BCUT2D eigenvalue weighted by Crippen LogP contribution is 2.27. The Bertz CT molecular complexity index is 1330. The molecule has 8 heteroatoms. The number of hydrogen-bond donors (Lipinski definition) is 0. The molecule has 1 aliphatic rings. The quantitative estimate of drug-likeness (QED) is 0.317. The molecule has 0 fully saturated rings. The van der Waals surface area contributed by atoms with E-state index < -0.39 is 23.4 Å². The molecule has 0 saturated heterocycles. The molecule has 1 aliphatic heterocycles. The molecule has 0 unspecified atom stereocenters. The third-order valence-corrected chi connectivity index (χ3v) is 5.78. The highest BCUT2D eigenvalue weighted by molar-refractivity contribution is 6.32. The molecule has 2 heterocycles. The highest BCUT2D eigenvalue weighted by Gasteiger charge is 2.35. The summed E-state index contributed by atoms with van der Waals surface area (Å²) in [5, 5.41) is 1.11. The van der Waals surface area contributed by atoms with Crippen LogP contribution in [0, 0.1) is 6.92 Å². The topological polar surface area (TPSA) is 93.9 Å². The van der Waals surface area contributed by atoms with Crippen molar-refractivity contribution in [3.63, 3.8) is 0 Å². The molecule has 0 N–H and O–H groups in total. The fourth-order valence-electron chi connectivity index (χ4n) is 3.72. The zero-order valence-corrected chi connectivity index (χ0v) is 18.3. The summed E-state index contributed by atoms with van der Waals surface area (Å²) in [6.07, 6.45) is 0.514. The Kier molecular flexibility index (Phi) is 5.84. The lowest BCUT2D eigenvalue weighted by Crippen LogP contribution is -2.32. The zero-order chi connectivity index (χ0) is 23.0. The number of nitrogens with zero attached hydrogens (tertiary/aromatic N) is 1. The SMILES string of the molecule is CCc1cc2oc(=O)cc(COC(=O)CCN3C(=O)c4ccc(C)cc4C3=O)c2cc1Cl. The monoisotopic (exact) mass is 453 g/mol. The summed E-state index contributed by atoms with van der Waals surface area (Å²) in [6.45, 7) is 3.52. The third kappa shape index (κ3) is 4.03. The van der Waals surface area contributed by atoms with Gasteiger partial charge in [-0.25, -0.2) is 4.79 Å². The second-order valence-electron chi connectivity index (χ2n) is 7.61. The van der Waals surface area contributed by atoms with Crippen LogP contribution in [0.2, 0.25) is 5.02 Å². The maximum Gasteiger partial charge on any atom is 0.336 e. The molecule has 0 atom stereocenters. The van der Waals surface area contributed by atoms with Crippen molar-refractivity contribution < 1.29 is 23.5 Å². The molecule has 7 nitrogen and oxygen atoms in total. The van der Waals surface area contributed by atoms with Gasteiger partial charge >= 0.3 is 11.6 Å². The van der Waals surface area contributed by atoms with Crippen molar-refractivity contribution in [3.05, 3.63) is 79.7 Å². The smallest absolute Gasteiger partial charge is 0.336 e. The van der Waals surface area contributed by atoms with E-state index >= 15 is 0 Å². The van der Waals surface area contributed by atoms with Crippen LogP contribution >= 0.6 is 11.6 Å². The number of fused-ring (bicyclic) bond motifs is 2. The number of halogens is 1. The van der Waals surface area contributed by atoms with E-state index in [0.717, 1.165) is 16.0 Å². The van der Waals surface area contributed by atoms with Crippen LogP contribution < -0.4 is 5.63 Å². The lowest BCUT2D eigenvalue weighted by atomic mass is 10.1. The molecular weight excluding hydrogens is 434 g/mol. The van der Waals surface area contributed by atoms with Gasteiger partial charge in [0.15, 0.2) is 0 Å². The van der Waals surface area contributed by atoms with Crippen LogP contribution in [-0.4, -0.2) is 29.2 Å². The van der Waals surface area contributed by atoms with Crippen LogP contribution in [0.15, 0.2) is 45.6 Å². The van der Waals surface area contributed by atoms with Gasteiger partial charge < -0.3 is 9.15 Å². The van der Waals surface area contributed by atoms with E-state index in [0.29, 0.717) is 39.1 Å². The number of carbonyl (C=O) groups is 3. The van der Waals surface area contributed by atoms with Crippen LogP contribution in [0.3, 0.4) is 0 Å². The zero-order valence-electron chi connectivity index (χ0n) is 17.6. The molecule has 2 aromatic carbocycles. The number of benzene rings is 2. The predicted octanol–water partition coefficient (Wildman–Crippen LogP) is 4.05. The number of imide groups is 1. The molecule has 164 valence electrons. The minimum absolute atomic E-state index is 0.0897. The summed E-state index contributed by atoms with van der Waals surface area (Å²) in [6, 6.07) is 9.68. The molecule has 1 aromatic heterocycles. The van der Waals surface area contributed by atoms with Gasteiger partial charge in [0.25, 0.3) is 11.8 Å². The third-order valence-electron chi connectivity index (χ3n) is 5.43. The van der Waals surface area contributed by atoms with Gasteiger partial charge in [-0.1, -0.05) is 30.2 Å². The second kappa shape index (κ2) is 8.59. The number of aryl methyl sites for hydroxylation is 2. The Morgan fingerprint density at radius 2 is 1.78 bits per heavy atom. The summed E-state index contributed by atoms with van der Waals surface area (Å²) in [7, 11) is 0. The summed E-state index contributed by atoms with van der Waals surface area (Å²) >= 11 is 6.28. The standard InChI is InChI=1S/C24H20ClNO6/c1-3-14-9-20-17(11-19(14)25)15(10-22(28)32-20)12-31-21(27)6-7-26-23(29)16-5-4-13(2)8-18(16)24(26)30/h4-5,8-11H,3,6-7,12H2,1-2H3. The minimum Gasteiger partial charge on any atom is -0.461 e. The lowest BCUT2D eigenvalue weighted by Gasteiger charge is -2.13. The molecule has 0 saturated carbocycles. The van der Waals surface area contributed by atoms with Gasteiger partial charge in [-0.2, -0.15) is 0 Å². The number of amides is 2. The normalized spacial score (nSPS) is 13.0. The molecule has 2 amide bonds. The van der Waals surface area contributed by atoms with Crippen molar-refractivity contribution in [3.8, 4) is 0 Å². The fourth-order valence-corrected chi connectivity index (χ4v) is 4.02. The molecule has 0 bridgehead atoms. The lowest BCUT2D eigenvalue weighted by molar-refractivity contribution is -0.145. The van der Waals surface area contributed by atoms with E-state index in [9.17, 15) is 19.2 Å². The van der Waals surface area contributed by atoms with E-state index in [1.807, 2.05) is 13.8 Å². The Labute approximate surface area is 188 Å². The van der Waals surface area contributed by atoms with Crippen molar-refractivity contribution >= 4 is 40.4 Å². The molecule has 32 heavy (non-hydrogen) atoms. The number of ether oxygens (including phenoxy) is 1. The number of esters is 1. The van der Waals surface area contributed by atoms with Gasteiger partial charge in [0.05, 0.1) is 17.5 Å². The summed E-state index contributed by atoms with van der Waals surface area (Å²) in [4.78, 5) is 50.3. The molecule has 3 aromatic rings. The van der Waals surface area contributed by atoms with E-state index in [1.54, 1.807) is 30.3 Å². The minimum atomic E-state index is -0.601. The Balaban J connectivity index is 1.43. The number of hydrogen-bond acceptors (Lipinski definition) is 6. The average Bonchev–Trinajstić information content (AvgIpc) is 2.99. The molecular formula is C24H20ClNO6. The van der Waals surface area contributed by atoms with Crippen LogP contribution in [0.4, 0.5) is 0 Å². The molecule has 0 aliphatic carbocycles. The van der Waals surface area contributed by atoms with Gasteiger partial charge in [0, 0.05) is 28.6 Å². The highest BCUT2D eigenvalue weighted by atomic mass is 35.5. The number of rotatable bonds is 6. The Morgan fingerprint density at radius 1 is 1.03 bits per heavy atom. The van der Waals surface area contributed by atoms with E-state index in [-0.39, 0.29) is 19.6 Å². The first-order valence-corrected chi connectivity index (χ1v) is 10.5. The maximum absolute atomic E-state index is 12.5. The maximum atomic E-state index is 12.5. The van der Waals surface area contributed by atoms with Crippen molar-refractivity contribution in [2.24, 2.45) is 0 Å². The van der Waals surface area contributed by atoms with Gasteiger partial charge in [0.1, 0.15) is 12.2 Å². The second-order valence-corrected chi connectivity index (χ2v) is 8.01. The summed E-state index contributed by atoms with van der Waals surface area (Å²) in [5.74, 6) is -1.45. The first kappa shape index (κ1) is 21.8. The Morgan fingerprint density at radius 3 is 2.53 bits per heavy atom. The van der Waals surface area contributed by atoms with Crippen molar-refractivity contribution in [2.45, 2.75) is 33.3 Å². The Hall–Kier alpha value is -3.45. The van der Waals surface area contributed by atoms with Crippen LogP contribution in [0.25, 0.3) is 11.0 Å². The van der Waals surface area contributed by atoms with Crippen molar-refractivity contribution in [1.82, 2.24) is 4.90 Å². The first-order valence-electron chi connectivity index (χ1n) is 10.2. The van der Waals surface area contributed by atoms with Crippen molar-refractivity contribution in [2.75, 3.05) is 6.54 Å². The fraction of sp³-hybridized carbons (Fsp3) is 0.250. The predicted molar refractivity (Wildman–Crippen MR) is 118 cm³/mol. The summed E-state index contributed by atoms with van der Waals surface area (Å²) < 4.78 is 10.6. The van der Waals surface area contributed by atoms with Gasteiger partial charge in [0.2, 0.25) is 0 Å². The van der Waals surface area contributed by atoms with Crippen LogP contribution in [-0.2, 0) is 22.6 Å². The largest absolute Gasteiger partial charge is 0.461 e. The number of carbonyl (C=O) groups excluding carboxylic acids is 3.